The van der Waals surface area contributed by atoms with Gasteiger partial charge in [-0.2, -0.15) is 0 Å². The summed E-state index contributed by atoms with van der Waals surface area (Å²) in [6.45, 7) is 11.2. The van der Waals surface area contributed by atoms with E-state index in [1.54, 1.807) is 21.6 Å². The highest BCUT2D eigenvalue weighted by molar-refractivity contribution is 8.02. The summed E-state index contributed by atoms with van der Waals surface area (Å²) >= 11 is 1.57. The zero-order chi connectivity index (χ0) is 31.9. The van der Waals surface area contributed by atoms with Gasteiger partial charge in [0.25, 0.3) is 5.91 Å². The Hall–Kier alpha value is -3.56. The van der Waals surface area contributed by atoms with Crippen LogP contribution in [0.5, 0.6) is 0 Å². The number of carbonyl (C=O) groups is 3. The van der Waals surface area contributed by atoms with Crippen molar-refractivity contribution in [2.24, 2.45) is 11.8 Å². The Balaban J connectivity index is 1.48. The van der Waals surface area contributed by atoms with Gasteiger partial charge < -0.3 is 24.7 Å². The first kappa shape index (κ1) is 31.4. The normalized spacial score (nSPS) is 29.8. The van der Waals surface area contributed by atoms with E-state index in [4.69, 9.17) is 0 Å². The second-order valence-corrected chi connectivity index (χ2v) is 14.4. The van der Waals surface area contributed by atoms with Crippen LogP contribution in [0.3, 0.4) is 0 Å². The summed E-state index contributed by atoms with van der Waals surface area (Å²) in [5.41, 5.74) is 2.59. The molecule has 3 amide bonds. The van der Waals surface area contributed by atoms with Gasteiger partial charge in [-0.3, -0.25) is 14.4 Å². The third-order valence-corrected chi connectivity index (χ3v) is 11.9. The molecule has 6 rings (SSSR count). The van der Waals surface area contributed by atoms with E-state index in [1.807, 2.05) is 91.6 Å². The van der Waals surface area contributed by atoms with Gasteiger partial charge in [-0.05, 0) is 57.0 Å². The second-order valence-electron chi connectivity index (χ2n) is 12.6. The van der Waals surface area contributed by atoms with Crippen LogP contribution in [0.2, 0.25) is 0 Å². The van der Waals surface area contributed by atoms with Gasteiger partial charge in [-0.1, -0.05) is 61.6 Å². The Labute approximate surface area is 270 Å². The van der Waals surface area contributed by atoms with Crippen molar-refractivity contribution in [3.63, 3.8) is 0 Å². The fourth-order valence-corrected chi connectivity index (χ4v) is 10.2. The average Bonchev–Trinajstić information content (AvgIpc) is 3.32. The number of fused-ring (bicyclic) bond motifs is 2. The van der Waals surface area contributed by atoms with Crippen molar-refractivity contribution in [3.05, 3.63) is 84.5 Å². The number of thioether (sulfide) groups is 1. The zero-order valence-corrected chi connectivity index (χ0v) is 27.5. The number of anilines is 2. The van der Waals surface area contributed by atoms with Gasteiger partial charge in [0, 0.05) is 48.8 Å². The summed E-state index contributed by atoms with van der Waals surface area (Å²) in [5.74, 6) is -1.88. The fourth-order valence-electron chi connectivity index (χ4n) is 8.01. The van der Waals surface area contributed by atoms with Gasteiger partial charge >= 0.3 is 0 Å². The molecule has 4 aliphatic rings. The minimum atomic E-state index is -0.985. The highest BCUT2D eigenvalue weighted by Crippen LogP contribution is 2.66. The van der Waals surface area contributed by atoms with Gasteiger partial charge in [0.05, 0.1) is 29.2 Å². The van der Waals surface area contributed by atoms with E-state index in [2.05, 4.69) is 24.8 Å². The van der Waals surface area contributed by atoms with Crippen molar-refractivity contribution in [2.75, 3.05) is 49.1 Å². The van der Waals surface area contributed by atoms with Crippen molar-refractivity contribution < 1.29 is 19.5 Å². The van der Waals surface area contributed by atoms with Crippen LogP contribution in [0.25, 0.3) is 0 Å². The van der Waals surface area contributed by atoms with Crippen LogP contribution in [0, 0.1) is 11.8 Å². The Kier molecular flexibility index (Phi) is 8.61. The van der Waals surface area contributed by atoms with E-state index in [-0.39, 0.29) is 24.3 Å². The van der Waals surface area contributed by atoms with Crippen molar-refractivity contribution in [1.82, 2.24) is 9.80 Å². The molecule has 2 saturated heterocycles. The van der Waals surface area contributed by atoms with E-state index in [0.29, 0.717) is 19.6 Å². The molecule has 2 fully saturated rings. The molecule has 4 aliphatic heterocycles. The fraction of sp³-hybridized carbons (Fsp3) is 0.472. The number of likely N-dealkylation sites (tertiary alicyclic amines) is 1. The molecule has 2 aromatic rings. The smallest absolute Gasteiger partial charge is 0.251 e. The second kappa shape index (κ2) is 12.3. The Morgan fingerprint density at radius 1 is 0.889 bits per heavy atom. The molecule has 0 saturated carbocycles. The number of hydrogen-bond donors (Lipinski definition) is 1. The largest absolute Gasteiger partial charge is 0.394 e. The number of benzene rings is 2. The molecule has 0 aromatic heterocycles. The lowest BCUT2D eigenvalue weighted by Gasteiger charge is -2.40. The van der Waals surface area contributed by atoms with Crippen LogP contribution < -0.4 is 9.80 Å². The molecule has 0 radical (unpaired) electrons. The standard InChI is InChI=1S/C36H44N4O4S/c1-5-21-38-22-11-19-35(4)29(32(38)42)30-33(43)40(28(24-41)25-13-9-8-10-14-25)31-34(44)39(23-12-20-36(30,31)45-35)27-17-15-26(16-18-27)37(6-2)7-3/h8-20,28-31,41H,5-7,21-24H2,1-4H3/t28-,29-,30+,31?,35+,36+/m1/s1. The summed E-state index contributed by atoms with van der Waals surface area (Å²) in [7, 11) is 0. The number of hydrogen-bond acceptors (Lipinski definition) is 6. The van der Waals surface area contributed by atoms with Crippen LogP contribution in [0.15, 0.2) is 78.9 Å². The van der Waals surface area contributed by atoms with E-state index >= 15 is 4.79 Å². The van der Waals surface area contributed by atoms with Gasteiger partial charge in [0.2, 0.25) is 11.8 Å². The lowest BCUT2D eigenvalue weighted by Crippen LogP contribution is -2.54. The number of aliphatic hydroxyl groups excluding tert-OH is 1. The predicted octanol–water partition coefficient (Wildman–Crippen LogP) is 4.67. The number of carbonyl (C=O) groups excluding carboxylic acids is 3. The van der Waals surface area contributed by atoms with E-state index in [1.165, 1.54) is 0 Å². The molecule has 8 nitrogen and oxygen atoms in total. The third kappa shape index (κ3) is 4.99. The quantitative estimate of drug-likeness (QED) is 0.407. The first-order valence-electron chi connectivity index (χ1n) is 16.2. The van der Waals surface area contributed by atoms with Gasteiger partial charge in [0.1, 0.15) is 6.04 Å². The molecule has 1 N–H and O–H groups in total. The maximum atomic E-state index is 15.0. The third-order valence-electron chi connectivity index (χ3n) is 10.1. The number of rotatable bonds is 9. The summed E-state index contributed by atoms with van der Waals surface area (Å²) < 4.78 is -1.65. The van der Waals surface area contributed by atoms with Crippen molar-refractivity contribution in [3.8, 4) is 0 Å². The molecule has 1 unspecified atom stereocenters. The van der Waals surface area contributed by atoms with Crippen molar-refractivity contribution in [1.29, 1.82) is 0 Å². The minimum absolute atomic E-state index is 0.0399. The molecule has 1 spiro atoms. The molecule has 9 heteroatoms. The van der Waals surface area contributed by atoms with Crippen LogP contribution >= 0.6 is 11.8 Å². The molecule has 0 bridgehead atoms. The van der Waals surface area contributed by atoms with Crippen molar-refractivity contribution >= 4 is 40.9 Å². The maximum Gasteiger partial charge on any atom is 0.251 e. The van der Waals surface area contributed by atoms with Crippen LogP contribution in [-0.4, -0.2) is 87.5 Å². The highest BCUT2D eigenvalue weighted by atomic mass is 32.2. The average molecular weight is 629 g/mol. The number of aliphatic hydroxyl groups is 1. The summed E-state index contributed by atoms with van der Waals surface area (Å²) in [6.07, 6.45) is 8.98. The van der Waals surface area contributed by atoms with Gasteiger partial charge in [0.15, 0.2) is 0 Å². The number of nitrogens with zero attached hydrogens (tertiary/aromatic N) is 4. The summed E-state index contributed by atoms with van der Waals surface area (Å²) in [5, 5.41) is 10.8. The SMILES string of the molecule is CCCN1CC=C[C@]2(C)S[C@]34C=CCN(c5ccc(N(CC)CC)cc5)C(=O)C3N([C@H](CO)c3ccccc3)C(=O)[C@@H]4[C@@H]2C1=O. The predicted molar refractivity (Wildman–Crippen MR) is 180 cm³/mol. The monoisotopic (exact) mass is 628 g/mol. The minimum Gasteiger partial charge on any atom is -0.394 e. The number of amides is 3. The van der Waals surface area contributed by atoms with Crippen LogP contribution in [-0.2, 0) is 14.4 Å². The van der Waals surface area contributed by atoms with E-state index in [9.17, 15) is 14.7 Å². The first-order valence-corrected chi connectivity index (χ1v) is 17.0. The lowest BCUT2D eigenvalue weighted by molar-refractivity contribution is -0.145. The molecule has 238 valence electrons. The van der Waals surface area contributed by atoms with E-state index < -0.39 is 33.4 Å². The molecule has 45 heavy (non-hydrogen) atoms. The first-order chi connectivity index (χ1) is 21.7. The van der Waals surface area contributed by atoms with E-state index in [0.717, 1.165) is 36.4 Å². The van der Waals surface area contributed by atoms with Crippen LogP contribution in [0.1, 0.15) is 45.7 Å². The van der Waals surface area contributed by atoms with Gasteiger partial charge in [-0.25, -0.2) is 0 Å². The molecular weight excluding hydrogens is 584 g/mol. The van der Waals surface area contributed by atoms with Gasteiger partial charge in [-0.15, -0.1) is 11.8 Å². The molecular formula is C36H44N4O4S. The molecule has 0 aliphatic carbocycles. The van der Waals surface area contributed by atoms with Crippen LogP contribution in [0.4, 0.5) is 11.4 Å². The Morgan fingerprint density at radius 3 is 2.22 bits per heavy atom. The Bertz CT molecular complexity index is 1490. The lowest BCUT2D eigenvalue weighted by atomic mass is 9.74. The summed E-state index contributed by atoms with van der Waals surface area (Å²) in [6, 6.07) is 15.8. The summed E-state index contributed by atoms with van der Waals surface area (Å²) in [4.78, 5) is 51.7. The maximum absolute atomic E-state index is 15.0. The highest BCUT2D eigenvalue weighted by Gasteiger charge is 2.74. The molecule has 6 atom stereocenters. The zero-order valence-electron chi connectivity index (χ0n) is 26.6. The molecule has 4 heterocycles. The van der Waals surface area contributed by atoms with Crippen molar-refractivity contribution in [2.45, 2.75) is 55.7 Å². The topological polar surface area (TPSA) is 84.4 Å². The Morgan fingerprint density at radius 2 is 1.58 bits per heavy atom. The molecule has 2 aromatic carbocycles.